The Hall–Kier alpha value is -0.620. The Morgan fingerprint density at radius 3 is 1.69 bits per heavy atom. The Bertz CT molecular complexity index is 402. The number of benzene rings is 1. The van der Waals surface area contributed by atoms with Crippen LogP contribution < -0.4 is 0 Å². The summed E-state index contributed by atoms with van der Waals surface area (Å²) in [5.74, 6) is -6.00. The summed E-state index contributed by atoms with van der Waals surface area (Å²) in [5, 5.41) is 8.96. The van der Waals surface area contributed by atoms with Gasteiger partial charge in [0.2, 0.25) is 0 Å². The highest BCUT2D eigenvalue weighted by molar-refractivity contribution is 9.10. The van der Waals surface area contributed by atoms with Crippen LogP contribution in [0.25, 0.3) is 0 Å². The van der Waals surface area contributed by atoms with Crippen LogP contribution in [0, 0.1) is 23.3 Å². The Labute approximate surface area is 98.2 Å². The average Bonchev–Trinajstić information content (AvgIpc) is 2.23. The second kappa shape index (κ2) is 4.33. The van der Waals surface area contributed by atoms with Gasteiger partial charge in [0.05, 0.1) is 11.1 Å². The van der Waals surface area contributed by atoms with Crippen LogP contribution in [0.4, 0.5) is 17.6 Å². The van der Waals surface area contributed by atoms with E-state index in [4.69, 9.17) is 5.11 Å². The van der Waals surface area contributed by atoms with Crippen LogP contribution in [0.2, 0.25) is 0 Å². The molecule has 0 saturated heterocycles. The van der Waals surface area contributed by atoms with Gasteiger partial charge in [-0.15, -0.1) is 0 Å². The van der Waals surface area contributed by atoms with Crippen molar-refractivity contribution in [2.45, 2.75) is 19.3 Å². The number of aliphatic hydroxyl groups excluding tert-OH is 1. The van der Waals surface area contributed by atoms with Crippen molar-refractivity contribution in [2.75, 3.05) is 6.61 Å². The first-order chi connectivity index (χ1) is 7.24. The lowest BCUT2D eigenvalue weighted by Crippen LogP contribution is -2.27. The van der Waals surface area contributed by atoms with E-state index in [2.05, 4.69) is 15.9 Å². The van der Waals surface area contributed by atoms with Gasteiger partial charge in [-0.05, 0) is 15.9 Å². The molecule has 1 aromatic rings. The normalized spacial score (nSPS) is 12.0. The summed E-state index contributed by atoms with van der Waals surface area (Å²) >= 11 is 2.41. The molecule has 0 saturated carbocycles. The first-order valence-corrected chi connectivity index (χ1v) is 5.16. The molecule has 0 atom stereocenters. The third kappa shape index (κ3) is 1.96. The Balaban J connectivity index is 3.65. The molecule has 0 radical (unpaired) electrons. The molecule has 1 nitrogen and oxygen atoms in total. The highest BCUT2D eigenvalue weighted by Crippen LogP contribution is 2.34. The molecule has 16 heavy (non-hydrogen) atoms. The van der Waals surface area contributed by atoms with Gasteiger partial charge in [-0.3, -0.25) is 0 Å². The molecule has 0 fully saturated rings. The molecule has 0 aromatic heterocycles. The van der Waals surface area contributed by atoms with E-state index in [1.54, 1.807) is 0 Å². The average molecular weight is 301 g/mol. The van der Waals surface area contributed by atoms with Gasteiger partial charge in [-0.1, -0.05) is 13.8 Å². The highest BCUT2D eigenvalue weighted by atomic mass is 79.9. The molecule has 1 N–H and O–H groups in total. The van der Waals surface area contributed by atoms with Crippen LogP contribution in [-0.2, 0) is 5.41 Å². The topological polar surface area (TPSA) is 20.2 Å². The minimum absolute atomic E-state index is 0.638. The molecule has 0 aliphatic heterocycles. The molecule has 0 amide bonds. The quantitative estimate of drug-likeness (QED) is 0.505. The predicted molar refractivity (Wildman–Crippen MR) is 54.1 cm³/mol. The molecule has 1 aromatic carbocycles. The van der Waals surface area contributed by atoms with Crippen LogP contribution >= 0.6 is 15.9 Å². The number of hydrogen-bond acceptors (Lipinski definition) is 1. The monoisotopic (exact) mass is 300 g/mol. The van der Waals surface area contributed by atoms with E-state index in [1.807, 2.05) is 0 Å². The van der Waals surface area contributed by atoms with Crippen molar-refractivity contribution in [3.8, 4) is 0 Å². The van der Waals surface area contributed by atoms with E-state index in [0.717, 1.165) is 0 Å². The molecule has 6 heteroatoms. The molecule has 0 aliphatic rings. The highest BCUT2D eigenvalue weighted by Gasteiger charge is 2.33. The van der Waals surface area contributed by atoms with Crippen LogP contribution in [0.15, 0.2) is 4.47 Å². The van der Waals surface area contributed by atoms with Crippen LogP contribution in [0.1, 0.15) is 19.4 Å². The second-order valence-electron chi connectivity index (χ2n) is 3.99. The zero-order valence-corrected chi connectivity index (χ0v) is 10.1. The van der Waals surface area contributed by atoms with E-state index in [0.29, 0.717) is 0 Å². The summed E-state index contributed by atoms with van der Waals surface area (Å²) in [5.41, 5.74) is -2.20. The Morgan fingerprint density at radius 1 is 1.00 bits per heavy atom. The molecule has 0 bridgehead atoms. The SMILES string of the molecule is CC(C)(CO)c1c(F)c(F)c(Br)c(F)c1F. The van der Waals surface area contributed by atoms with E-state index >= 15 is 0 Å². The summed E-state index contributed by atoms with van der Waals surface area (Å²) in [4.78, 5) is 0. The third-order valence-corrected chi connectivity index (χ3v) is 2.98. The lowest BCUT2D eigenvalue weighted by atomic mass is 9.84. The third-order valence-electron chi connectivity index (χ3n) is 2.28. The maximum Gasteiger partial charge on any atom is 0.176 e. The molecule has 0 unspecified atom stereocenters. The van der Waals surface area contributed by atoms with Gasteiger partial charge in [-0.2, -0.15) is 0 Å². The van der Waals surface area contributed by atoms with Crippen LogP contribution in [0.3, 0.4) is 0 Å². The van der Waals surface area contributed by atoms with Crippen molar-refractivity contribution < 1.29 is 22.7 Å². The fourth-order valence-corrected chi connectivity index (χ4v) is 1.63. The number of halogens is 5. The molecule has 90 valence electrons. The Kier molecular flexibility index (Phi) is 3.64. The van der Waals surface area contributed by atoms with Crippen LogP contribution in [0.5, 0.6) is 0 Å². The maximum absolute atomic E-state index is 13.5. The molecular formula is C10H9BrF4O. The zero-order valence-electron chi connectivity index (χ0n) is 8.54. The predicted octanol–water partition coefficient (Wildman–Crippen LogP) is 3.28. The van der Waals surface area contributed by atoms with Crippen molar-refractivity contribution in [3.05, 3.63) is 33.3 Å². The summed E-state index contributed by atoms with van der Waals surface area (Å²) in [6.07, 6.45) is 0. The molecule has 0 spiro atoms. The summed E-state index contributed by atoms with van der Waals surface area (Å²) in [7, 11) is 0. The molecule has 0 aliphatic carbocycles. The minimum atomic E-state index is -1.50. The lowest BCUT2D eigenvalue weighted by Gasteiger charge is -2.24. The first-order valence-electron chi connectivity index (χ1n) is 4.36. The van der Waals surface area contributed by atoms with E-state index in [9.17, 15) is 17.6 Å². The smallest absolute Gasteiger partial charge is 0.176 e. The first kappa shape index (κ1) is 13.4. The largest absolute Gasteiger partial charge is 0.395 e. The van der Waals surface area contributed by atoms with Crippen molar-refractivity contribution in [3.63, 3.8) is 0 Å². The van der Waals surface area contributed by atoms with Crippen molar-refractivity contribution in [1.82, 2.24) is 0 Å². The van der Waals surface area contributed by atoms with Crippen LogP contribution in [-0.4, -0.2) is 11.7 Å². The summed E-state index contributed by atoms with van der Waals surface area (Å²) in [6, 6.07) is 0. The van der Waals surface area contributed by atoms with Gasteiger partial charge in [0, 0.05) is 11.0 Å². The second-order valence-corrected chi connectivity index (χ2v) is 4.78. The van der Waals surface area contributed by atoms with Crippen molar-refractivity contribution >= 4 is 15.9 Å². The van der Waals surface area contributed by atoms with E-state index < -0.39 is 45.3 Å². The fourth-order valence-electron chi connectivity index (χ4n) is 1.28. The standard InChI is InChI=1S/C10H9BrF4O/c1-10(2,3-16)4-6(12)8(14)5(11)9(15)7(4)13/h16H,3H2,1-2H3. The van der Waals surface area contributed by atoms with E-state index in [-0.39, 0.29) is 0 Å². The van der Waals surface area contributed by atoms with Gasteiger partial charge in [0.25, 0.3) is 0 Å². The molecular weight excluding hydrogens is 292 g/mol. The van der Waals surface area contributed by atoms with Gasteiger partial charge in [0.15, 0.2) is 23.3 Å². The van der Waals surface area contributed by atoms with Crippen molar-refractivity contribution in [1.29, 1.82) is 0 Å². The van der Waals surface area contributed by atoms with Gasteiger partial charge in [0.1, 0.15) is 0 Å². The molecule has 0 heterocycles. The lowest BCUT2D eigenvalue weighted by molar-refractivity contribution is 0.208. The summed E-state index contributed by atoms with van der Waals surface area (Å²) in [6.45, 7) is 1.92. The zero-order chi connectivity index (χ0) is 12.7. The maximum atomic E-state index is 13.5. The van der Waals surface area contributed by atoms with Gasteiger partial charge in [-0.25, -0.2) is 17.6 Å². The summed E-state index contributed by atoms with van der Waals surface area (Å²) < 4.78 is 52.4. The van der Waals surface area contributed by atoms with E-state index in [1.165, 1.54) is 13.8 Å². The van der Waals surface area contributed by atoms with Gasteiger partial charge < -0.3 is 5.11 Å². The molecule has 1 rings (SSSR count). The number of rotatable bonds is 2. The van der Waals surface area contributed by atoms with Crippen molar-refractivity contribution in [2.24, 2.45) is 0 Å². The Morgan fingerprint density at radius 2 is 1.38 bits per heavy atom. The van der Waals surface area contributed by atoms with Gasteiger partial charge >= 0.3 is 0 Å². The number of aliphatic hydroxyl groups is 1. The minimum Gasteiger partial charge on any atom is -0.395 e. The fraction of sp³-hybridized carbons (Fsp3) is 0.400. The number of hydrogen-bond donors (Lipinski definition) is 1.